The first kappa shape index (κ1) is 12.3. The molecule has 1 aromatic heterocycles. The van der Waals surface area contributed by atoms with E-state index in [0.29, 0.717) is 12.3 Å². The van der Waals surface area contributed by atoms with Gasteiger partial charge >= 0.3 is 0 Å². The minimum absolute atomic E-state index is 0.145. The minimum Gasteiger partial charge on any atom is -0.459 e. The van der Waals surface area contributed by atoms with Crippen molar-refractivity contribution in [2.45, 2.75) is 5.37 Å². The van der Waals surface area contributed by atoms with Gasteiger partial charge in [-0.1, -0.05) is 12.1 Å². The van der Waals surface area contributed by atoms with Crippen LogP contribution in [0.4, 0.5) is 4.39 Å². The number of rotatable bonds is 2. The highest BCUT2D eigenvalue weighted by Crippen LogP contribution is 2.38. The molecule has 1 aliphatic heterocycles. The van der Waals surface area contributed by atoms with Gasteiger partial charge in [0.2, 0.25) is 0 Å². The number of carbonyl (C=O) groups is 1. The van der Waals surface area contributed by atoms with Crippen LogP contribution in [0.5, 0.6) is 0 Å². The van der Waals surface area contributed by atoms with E-state index in [1.54, 1.807) is 34.9 Å². The molecule has 0 spiro atoms. The first-order valence-corrected chi connectivity index (χ1v) is 7.02. The van der Waals surface area contributed by atoms with E-state index in [-0.39, 0.29) is 17.1 Å². The molecule has 2 aromatic rings. The van der Waals surface area contributed by atoms with Gasteiger partial charge in [-0.3, -0.25) is 4.79 Å². The highest BCUT2D eigenvalue weighted by atomic mass is 32.2. The molecule has 0 N–H and O–H groups in total. The predicted molar refractivity (Wildman–Crippen MR) is 71.3 cm³/mol. The maximum atomic E-state index is 13.3. The van der Waals surface area contributed by atoms with Gasteiger partial charge in [0, 0.05) is 12.3 Å². The van der Waals surface area contributed by atoms with E-state index in [1.165, 1.54) is 18.4 Å². The van der Waals surface area contributed by atoms with E-state index in [0.717, 1.165) is 11.3 Å². The SMILES string of the molecule is O=C(c1ccco1)N1CCS[C@@H]1c1cccc(F)c1. The van der Waals surface area contributed by atoms with Crippen LogP contribution < -0.4 is 0 Å². The molecule has 0 unspecified atom stereocenters. The number of thioether (sulfide) groups is 1. The summed E-state index contributed by atoms with van der Waals surface area (Å²) in [7, 11) is 0. The van der Waals surface area contributed by atoms with Crippen molar-refractivity contribution in [1.82, 2.24) is 4.90 Å². The second kappa shape index (κ2) is 5.09. The van der Waals surface area contributed by atoms with Crippen molar-refractivity contribution in [3.8, 4) is 0 Å². The molecule has 98 valence electrons. The maximum absolute atomic E-state index is 13.3. The van der Waals surface area contributed by atoms with Crippen LogP contribution in [0, 0.1) is 5.82 Å². The summed E-state index contributed by atoms with van der Waals surface area (Å²) in [5.41, 5.74) is 0.808. The molecule has 19 heavy (non-hydrogen) atoms. The molecule has 1 amide bonds. The van der Waals surface area contributed by atoms with Gasteiger partial charge in [-0.2, -0.15) is 0 Å². The number of nitrogens with zero attached hydrogens (tertiary/aromatic N) is 1. The van der Waals surface area contributed by atoms with Crippen molar-refractivity contribution < 1.29 is 13.6 Å². The van der Waals surface area contributed by atoms with Gasteiger partial charge in [0.15, 0.2) is 5.76 Å². The van der Waals surface area contributed by atoms with Crippen LogP contribution in [0.25, 0.3) is 0 Å². The molecule has 5 heteroatoms. The molecule has 1 saturated heterocycles. The van der Waals surface area contributed by atoms with Crippen molar-refractivity contribution in [1.29, 1.82) is 0 Å². The van der Waals surface area contributed by atoms with Crippen LogP contribution >= 0.6 is 11.8 Å². The average molecular weight is 277 g/mol. The number of furan rings is 1. The Hall–Kier alpha value is -1.75. The van der Waals surface area contributed by atoms with E-state index in [9.17, 15) is 9.18 Å². The number of halogens is 1. The first-order chi connectivity index (χ1) is 9.25. The summed E-state index contributed by atoms with van der Waals surface area (Å²) < 4.78 is 18.4. The Morgan fingerprint density at radius 1 is 1.37 bits per heavy atom. The fourth-order valence-electron chi connectivity index (χ4n) is 2.16. The van der Waals surface area contributed by atoms with Crippen LogP contribution in [0.1, 0.15) is 21.5 Å². The Balaban J connectivity index is 1.88. The lowest BCUT2D eigenvalue weighted by Gasteiger charge is -2.23. The van der Waals surface area contributed by atoms with Gasteiger partial charge in [0.1, 0.15) is 11.2 Å². The highest BCUT2D eigenvalue weighted by molar-refractivity contribution is 7.99. The monoisotopic (exact) mass is 277 g/mol. The predicted octanol–water partition coefficient (Wildman–Crippen LogP) is 3.31. The summed E-state index contributed by atoms with van der Waals surface area (Å²) in [6, 6.07) is 9.72. The largest absolute Gasteiger partial charge is 0.459 e. The van der Waals surface area contributed by atoms with Gasteiger partial charge in [-0.05, 0) is 29.8 Å². The molecule has 3 nitrogen and oxygen atoms in total. The topological polar surface area (TPSA) is 33.5 Å². The maximum Gasteiger partial charge on any atom is 0.290 e. The summed E-state index contributed by atoms with van der Waals surface area (Å²) in [5.74, 6) is 0.733. The molecule has 2 heterocycles. The standard InChI is InChI=1S/C14H12FNO2S/c15-11-4-1-3-10(9-11)14-16(6-8-19-14)13(17)12-5-2-7-18-12/h1-5,7,9,14H,6,8H2/t14-/m1/s1. The number of hydrogen-bond acceptors (Lipinski definition) is 3. The first-order valence-electron chi connectivity index (χ1n) is 5.97. The molecule has 0 aliphatic carbocycles. The Bertz CT molecular complexity index is 585. The minimum atomic E-state index is -0.282. The zero-order valence-electron chi connectivity index (χ0n) is 10.1. The summed E-state index contributed by atoms with van der Waals surface area (Å²) in [4.78, 5) is 14.0. The van der Waals surface area contributed by atoms with Gasteiger partial charge in [0.25, 0.3) is 5.91 Å². The van der Waals surface area contributed by atoms with Crippen molar-refractivity contribution in [2.24, 2.45) is 0 Å². The third-order valence-electron chi connectivity index (χ3n) is 3.02. The molecule has 3 rings (SSSR count). The lowest BCUT2D eigenvalue weighted by atomic mass is 10.2. The van der Waals surface area contributed by atoms with Gasteiger partial charge in [-0.15, -0.1) is 11.8 Å². The molecule has 1 aromatic carbocycles. The van der Waals surface area contributed by atoms with Gasteiger partial charge in [-0.25, -0.2) is 4.39 Å². The summed E-state index contributed by atoms with van der Waals surface area (Å²) >= 11 is 1.63. The lowest BCUT2D eigenvalue weighted by Crippen LogP contribution is -2.30. The van der Waals surface area contributed by atoms with Crippen LogP contribution in [0.2, 0.25) is 0 Å². The van der Waals surface area contributed by atoms with E-state index >= 15 is 0 Å². The van der Waals surface area contributed by atoms with Crippen LogP contribution in [0.3, 0.4) is 0 Å². The molecule has 1 aliphatic rings. The van der Waals surface area contributed by atoms with Gasteiger partial charge < -0.3 is 9.32 Å². The molecule has 0 bridgehead atoms. The fraction of sp³-hybridized carbons (Fsp3) is 0.214. The lowest BCUT2D eigenvalue weighted by molar-refractivity contribution is 0.0728. The van der Waals surface area contributed by atoms with E-state index in [4.69, 9.17) is 4.42 Å². The van der Waals surface area contributed by atoms with Crippen molar-refractivity contribution in [2.75, 3.05) is 12.3 Å². The molecule has 1 fully saturated rings. The van der Waals surface area contributed by atoms with Crippen LogP contribution in [0.15, 0.2) is 47.1 Å². The molecular formula is C14H12FNO2S. The Kier molecular flexibility index (Phi) is 3.29. The molecular weight excluding hydrogens is 265 g/mol. The van der Waals surface area contributed by atoms with Crippen molar-refractivity contribution in [3.63, 3.8) is 0 Å². The number of amides is 1. The van der Waals surface area contributed by atoms with Crippen molar-refractivity contribution >= 4 is 17.7 Å². The number of benzene rings is 1. The van der Waals surface area contributed by atoms with Crippen molar-refractivity contribution in [3.05, 3.63) is 59.8 Å². The Morgan fingerprint density at radius 2 is 2.26 bits per heavy atom. The van der Waals surface area contributed by atoms with E-state index in [1.807, 2.05) is 6.07 Å². The van der Waals surface area contributed by atoms with Crippen LogP contribution in [-0.4, -0.2) is 23.1 Å². The quantitative estimate of drug-likeness (QED) is 0.844. The normalized spacial score (nSPS) is 18.8. The average Bonchev–Trinajstić information content (AvgIpc) is 3.09. The molecule has 1 atom stereocenters. The second-order valence-corrected chi connectivity index (χ2v) is 5.44. The highest BCUT2D eigenvalue weighted by Gasteiger charge is 2.32. The van der Waals surface area contributed by atoms with E-state index in [2.05, 4.69) is 0 Å². The second-order valence-electron chi connectivity index (χ2n) is 4.25. The Labute approximate surface area is 114 Å². The zero-order chi connectivity index (χ0) is 13.2. The fourth-order valence-corrected chi connectivity index (χ4v) is 3.40. The van der Waals surface area contributed by atoms with Crippen LogP contribution in [-0.2, 0) is 0 Å². The third kappa shape index (κ3) is 2.38. The molecule has 0 saturated carbocycles. The van der Waals surface area contributed by atoms with Gasteiger partial charge in [0.05, 0.1) is 6.26 Å². The number of carbonyl (C=O) groups excluding carboxylic acids is 1. The Morgan fingerprint density at radius 3 is 3.00 bits per heavy atom. The molecule has 0 radical (unpaired) electrons. The summed E-state index contributed by atoms with van der Waals surface area (Å²) in [5, 5.41) is -0.145. The summed E-state index contributed by atoms with van der Waals surface area (Å²) in [6.45, 7) is 0.644. The smallest absolute Gasteiger partial charge is 0.290 e. The zero-order valence-corrected chi connectivity index (χ0v) is 10.9. The number of hydrogen-bond donors (Lipinski definition) is 0. The summed E-state index contributed by atoms with van der Waals surface area (Å²) in [6.07, 6.45) is 1.48. The van der Waals surface area contributed by atoms with E-state index < -0.39 is 0 Å². The third-order valence-corrected chi connectivity index (χ3v) is 4.28.